The van der Waals surface area contributed by atoms with E-state index in [-0.39, 0.29) is 6.61 Å². The van der Waals surface area contributed by atoms with Crippen LogP contribution in [0, 0.1) is 0 Å². The van der Waals surface area contributed by atoms with Crippen LogP contribution in [0.1, 0.15) is 0 Å². The highest BCUT2D eigenvalue weighted by Gasteiger charge is 2.19. The number of aromatic nitrogens is 1. The Morgan fingerprint density at radius 3 is 3.00 bits per heavy atom. The second kappa shape index (κ2) is 5.46. The minimum Gasteiger partial charge on any atom is -0.478 e. The minimum atomic E-state index is -1.06. The molecule has 1 unspecified atom stereocenters. The normalized spacial score (nSPS) is 12.3. The van der Waals surface area contributed by atoms with Gasteiger partial charge in [0.2, 0.25) is 6.10 Å². The Balaban J connectivity index is 2.22. The summed E-state index contributed by atoms with van der Waals surface area (Å²) < 4.78 is 10.2. The highest BCUT2D eigenvalue weighted by atomic mass is 16.5. The largest absolute Gasteiger partial charge is 0.478 e. The quantitative estimate of drug-likeness (QED) is 0.871. The summed E-state index contributed by atoms with van der Waals surface area (Å²) in [6, 6.07) is 9.03. The molecular weight excluding hydrogens is 234 g/mol. The van der Waals surface area contributed by atoms with Gasteiger partial charge in [0.05, 0.1) is 12.1 Å². The summed E-state index contributed by atoms with van der Waals surface area (Å²) in [6.45, 7) is -0.00438. The first-order valence-electron chi connectivity index (χ1n) is 5.44. The van der Waals surface area contributed by atoms with Gasteiger partial charge in [0.15, 0.2) is 0 Å². The number of rotatable bonds is 5. The van der Waals surface area contributed by atoms with E-state index in [1.165, 1.54) is 7.11 Å². The SMILES string of the molecule is COCC(Oc1ccc2cccnc2c1)C(=O)O. The average molecular weight is 247 g/mol. The van der Waals surface area contributed by atoms with Crippen molar-refractivity contribution in [2.24, 2.45) is 0 Å². The van der Waals surface area contributed by atoms with E-state index in [9.17, 15) is 4.79 Å². The Kier molecular flexibility index (Phi) is 3.74. The summed E-state index contributed by atoms with van der Waals surface area (Å²) in [5.41, 5.74) is 0.761. The number of fused-ring (bicyclic) bond motifs is 1. The van der Waals surface area contributed by atoms with Crippen molar-refractivity contribution in [3.8, 4) is 5.75 Å². The van der Waals surface area contributed by atoms with E-state index < -0.39 is 12.1 Å². The van der Waals surface area contributed by atoms with E-state index in [2.05, 4.69) is 4.98 Å². The number of benzene rings is 1. The zero-order chi connectivity index (χ0) is 13.0. The number of nitrogens with zero attached hydrogens (tertiary/aromatic N) is 1. The van der Waals surface area contributed by atoms with Crippen LogP contribution in [0.2, 0.25) is 0 Å². The van der Waals surface area contributed by atoms with Gasteiger partial charge in [-0.2, -0.15) is 0 Å². The third-order valence-electron chi connectivity index (χ3n) is 2.45. The Bertz CT molecular complexity index is 555. The molecule has 0 saturated carbocycles. The fraction of sp³-hybridized carbons (Fsp3) is 0.231. The van der Waals surface area contributed by atoms with Crippen LogP contribution in [0.4, 0.5) is 0 Å². The molecule has 18 heavy (non-hydrogen) atoms. The Morgan fingerprint density at radius 1 is 1.44 bits per heavy atom. The summed E-state index contributed by atoms with van der Waals surface area (Å²) >= 11 is 0. The summed E-state index contributed by atoms with van der Waals surface area (Å²) in [6.07, 6.45) is 0.659. The molecule has 0 amide bonds. The number of carboxylic acids is 1. The molecule has 1 atom stereocenters. The van der Waals surface area contributed by atoms with Gasteiger partial charge in [-0.3, -0.25) is 4.98 Å². The van der Waals surface area contributed by atoms with Crippen LogP contribution in [0.15, 0.2) is 36.5 Å². The van der Waals surface area contributed by atoms with E-state index in [1.807, 2.05) is 18.2 Å². The maximum absolute atomic E-state index is 10.9. The predicted molar refractivity (Wildman–Crippen MR) is 65.7 cm³/mol. The molecule has 5 nitrogen and oxygen atoms in total. The maximum atomic E-state index is 10.9. The highest BCUT2D eigenvalue weighted by Crippen LogP contribution is 2.19. The summed E-state index contributed by atoms with van der Waals surface area (Å²) in [4.78, 5) is 15.1. The standard InChI is InChI=1S/C13H13NO4/c1-17-8-12(13(15)16)18-10-5-4-9-3-2-6-14-11(9)7-10/h2-7,12H,8H2,1H3,(H,15,16). The second-order valence-electron chi connectivity index (χ2n) is 3.76. The lowest BCUT2D eigenvalue weighted by Crippen LogP contribution is -2.31. The van der Waals surface area contributed by atoms with Gasteiger partial charge in [0.25, 0.3) is 0 Å². The van der Waals surface area contributed by atoms with Crippen LogP contribution in [0.25, 0.3) is 10.9 Å². The fourth-order valence-corrected chi connectivity index (χ4v) is 1.59. The Hall–Kier alpha value is -2.14. The van der Waals surface area contributed by atoms with Gasteiger partial charge in [-0.05, 0) is 18.2 Å². The van der Waals surface area contributed by atoms with Gasteiger partial charge in [-0.15, -0.1) is 0 Å². The first kappa shape index (κ1) is 12.3. The summed E-state index contributed by atoms with van der Waals surface area (Å²) in [5, 5.41) is 9.93. The molecule has 1 N–H and O–H groups in total. The van der Waals surface area contributed by atoms with Gasteiger partial charge in [0, 0.05) is 24.8 Å². The Labute approximate surface area is 104 Å². The molecule has 0 bridgehead atoms. The predicted octanol–water partition coefficient (Wildman–Crippen LogP) is 1.71. The molecule has 2 rings (SSSR count). The number of carboxylic acid groups (broad SMARTS) is 1. The van der Waals surface area contributed by atoms with Crippen molar-refractivity contribution in [2.45, 2.75) is 6.10 Å². The lowest BCUT2D eigenvalue weighted by Gasteiger charge is -2.14. The van der Waals surface area contributed by atoms with Crippen LogP contribution in [0.3, 0.4) is 0 Å². The molecule has 0 spiro atoms. The van der Waals surface area contributed by atoms with Crippen LogP contribution in [0.5, 0.6) is 5.75 Å². The van der Waals surface area contributed by atoms with Crippen molar-refractivity contribution in [3.63, 3.8) is 0 Å². The van der Waals surface area contributed by atoms with Crippen LogP contribution in [-0.2, 0) is 9.53 Å². The van der Waals surface area contributed by atoms with E-state index >= 15 is 0 Å². The molecule has 2 aromatic rings. The van der Waals surface area contributed by atoms with E-state index in [0.717, 1.165) is 10.9 Å². The molecular formula is C13H13NO4. The molecule has 0 saturated heterocycles. The third-order valence-corrected chi connectivity index (χ3v) is 2.45. The van der Waals surface area contributed by atoms with Gasteiger partial charge in [0.1, 0.15) is 5.75 Å². The van der Waals surface area contributed by atoms with E-state index in [1.54, 1.807) is 18.3 Å². The van der Waals surface area contributed by atoms with E-state index in [0.29, 0.717) is 5.75 Å². The zero-order valence-corrected chi connectivity index (χ0v) is 9.87. The number of pyridine rings is 1. The molecule has 1 aromatic carbocycles. The molecule has 0 aliphatic carbocycles. The molecule has 0 aliphatic heterocycles. The molecule has 0 aliphatic rings. The number of hydrogen-bond acceptors (Lipinski definition) is 4. The molecule has 94 valence electrons. The lowest BCUT2D eigenvalue weighted by molar-refractivity contribution is -0.147. The molecule has 1 heterocycles. The summed E-state index contributed by atoms with van der Waals surface area (Å²) in [5.74, 6) is -0.594. The number of hydrogen-bond donors (Lipinski definition) is 1. The summed E-state index contributed by atoms with van der Waals surface area (Å²) in [7, 11) is 1.43. The highest BCUT2D eigenvalue weighted by molar-refractivity contribution is 5.80. The number of ether oxygens (including phenoxy) is 2. The van der Waals surface area contributed by atoms with Gasteiger partial charge in [-0.25, -0.2) is 4.79 Å². The van der Waals surface area contributed by atoms with Gasteiger partial charge < -0.3 is 14.6 Å². The monoisotopic (exact) mass is 247 g/mol. The van der Waals surface area contributed by atoms with Crippen LogP contribution >= 0.6 is 0 Å². The van der Waals surface area contributed by atoms with Crippen molar-refractivity contribution in [3.05, 3.63) is 36.5 Å². The number of carbonyl (C=O) groups is 1. The van der Waals surface area contributed by atoms with Crippen molar-refractivity contribution in [2.75, 3.05) is 13.7 Å². The van der Waals surface area contributed by atoms with Crippen molar-refractivity contribution < 1.29 is 19.4 Å². The third kappa shape index (κ3) is 2.75. The smallest absolute Gasteiger partial charge is 0.347 e. The minimum absolute atomic E-state index is 0.00438. The fourth-order valence-electron chi connectivity index (χ4n) is 1.59. The topological polar surface area (TPSA) is 68.7 Å². The van der Waals surface area contributed by atoms with Gasteiger partial charge >= 0.3 is 5.97 Å². The van der Waals surface area contributed by atoms with Crippen molar-refractivity contribution >= 4 is 16.9 Å². The molecule has 0 radical (unpaired) electrons. The maximum Gasteiger partial charge on any atom is 0.347 e. The second-order valence-corrected chi connectivity index (χ2v) is 3.76. The Morgan fingerprint density at radius 2 is 2.28 bits per heavy atom. The lowest BCUT2D eigenvalue weighted by atomic mass is 10.2. The molecule has 1 aromatic heterocycles. The van der Waals surface area contributed by atoms with Crippen molar-refractivity contribution in [1.29, 1.82) is 0 Å². The first-order valence-corrected chi connectivity index (χ1v) is 5.44. The number of aliphatic carboxylic acids is 1. The van der Waals surface area contributed by atoms with Crippen molar-refractivity contribution in [1.82, 2.24) is 4.98 Å². The number of methoxy groups -OCH3 is 1. The zero-order valence-electron chi connectivity index (χ0n) is 9.87. The van der Waals surface area contributed by atoms with Gasteiger partial charge in [-0.1, -0.05) is 6.07 Å². The molecule has 0 fully saturated rings. The first-order chi connectivity index (χ1) is 8.70. The van der Waals surface area contributed by atoms with Crippen LogP contribution in [-0.4, -0.2) is 35.9 Å². The molecule has 5 heteroatoms. The van der Waals surface area contributed by atoms with Crippen LogP contribution < -0.4 is 4.74 Å². The van der Waals surface area contributed by atoms with E-state index in [4.69, 9.17) is 14.6 Å². The average Bonchev–Trinajstić information content (AvgIpc) is 2.38.